The van der Waals surface area contributed by atoms with Gasteiger partial charge in [0.15, 0.2) is 11.5 Å². The third kappa shape index (κ3) is 2.62. The summed E-state index contributed by atoms with van der Waals surface area (Å²) < 4.78 is 15.9. The maximum Gasteiger partial charge on any atom is 0.356 e. The van der Waals surface area contributed by atoms with Crippen LogP contribution in [0.1, 0.15) is 10.5 Å². The first-order chi connectivity index (χ1) is 9.60. The molecular formula is C13H13BrN2O4. The summed E-state index contributed by atoms with van der Waals surface area (Å²) in [5.41, 5.74) is 1.03. The Morgan fingerprint density at radius 3 is 2.45 bits per heavy atom. The number of H-pyrrole nitrogens is 1. The Morgan fingerprint density at radius 1 is 1.20 bits per heavy atom. The number of nitrogens with zero attached hydrogens (tertiary/aromatic N) is 1. The SMILES string of the molecule is COC(=O)c1cnc(-c2cc(OC)c(OC)cc2Br)[nH]1. The molecule has 0 fully saturated rings. The van der Waals surface area contributed by atoms with E-state index in [1.54, 1.807) is 26.4 Å². The quantitative estimate of drug-likeness (QED) is 0.866. The molecule has 1 aromatic carbocycles. The van der Waals surface area contributed by atoms with Crippen LogP contribution < -0.4 is 9.47 Å². The smallest absolute Gasteiger partial charge is 0.356 e. The second kappa shape index (κ2) is 5.96. The van der Waals surface area contributed by atoms with E-state index in [0.29, 0.717) is 17.3 Å². The van der Waals surface area contributed by atoms with Crippen molar-refractivity contribution in [1.29, 1.82) is 0 Å². The Balaban J connectivity index is 2.47. The van der Waals surface area contributed by atoms with Crippen molar-refractivity contribution in [2.45, 2.75) is 0 Å². The Labute approximate surface area is 124 Å². The van der Waals surface area contributed by atoms with E-state index in [1.165, 1.54) is 13.3 Å². The van der Waals surface area contributed by atoms with Gasteiger partial charge in [-0.3, -0.25) is 0 Å². The van der Waals surface area contributed by atoms with E-state index >= 15 is 0 Å². The van der Waals surface area contributed by atoms with Crippen molar-refractivity contribution in [3.63, 3.8) is 0 Å². The standard InChI is InChI=1S/C13H13BrN2O4/c1-18-10-4-7(8(14)5-11(10)19-2)12-15-6-9(16-12)13(17)20-3/h4-6H,1-3H3,(H,15,16). The summed E-state index contributed by atoms with van der Waals surface area (Å²) in [5.74, 6) is 1.23. The minimum Gasteiger partial charge on any atom is -0.493 e. The van der Waals surface area contributed by atoms with Crippen LogP contribution in [0.5, 0.6) is 11.5 Å². The Hall–Kier alpha value is -2.02. The van der Waals surface area contributed by atoms with E-state index < -0.39 is 5.97 Å². The fourth-order valence-corrected chi connectivity index (χ4v) is 2.22. The molecule has 6 nitrogen and oxygen atoms in total. The first kappa shape index (κ1) is 14.4. The number of aromatic nitrogens is 2. The van der Waals surface area contributed by atoms with Crippen molar-refractivity contribution < 1.29 is 19.0 Å². The summed E-state index contributed by atoms with van der Waals surface area (Å²) in [7, 11) is 4.43. The van der Waals surface area contributed by atoms with Crippen LogP contribution in [0.4, 0.5) is 0 Å². The van der Waals surface area contributed by atoms with E-state index in [1.807, 2.05) is 0 Å². The fourth-order valence-electron chi connectivity index (χ4n) is 1.71. The normalized spacial score (nSPS) is 10.2. The predicted molar refractivity (Wildman–Crippen MR) is 76.2 cm³/mol. The summed E-state index contributed by atoms with van der Waals surface area (Å²) in [4.78, 5) is 18.5. The lowest BCUT2D eigenvalue weighted by Crippen LogP contribution is -2.01. The lowest BCUT2D eigenvalue weighted by Gasteiger charge is -2.10. The minimum absolute atomic E-state index is 0.282. The summed E-state index contributed by atoms with van der Waals surface area (Å²) >= 11 is 3.44. The van der Waals surface area contributed by atoms with Gasteiger partial charge in [-0.1, -0.05) is 0 Å². The Bertz CT molecular complexity index is 639. The van der Waals surface area contributed by atoms with Gasteiger partial charge in [-0.15, -0.1) is 0 Å². The molecule has 106 valence electrons. The molecule has 1 aromatic heterocycles. The molecule has 7 heteroatoms. The first-order valence-corrected chi connectivity index (χ1v) is 6.45. The minimum atomic E-state index is -0.472. The maximum absolute atomic E-state index is 11.4. The molecule has 2 aromatic rings. The number of aromatic amines is 1. The zero-order valence-electron chi connectivity index (χ0n) is 11.2. The van der Waals surface area contributed by atoms with Crippen LogP contribution in [0.2, 0.25) is 0 Å². The first-order valence-electron chi connectivity index (χ1n) is 5.66. The molecule has 0 bridgehead atoms. The fraction of sp³-hybridized carbons (Fsp3) is 0.231. The summed E-state index contributed by atoms with van der Waals surface area (Å²) in [6.45, 7) is 0. The molecule has 20 heavy (non-hydrogen) atoms. The number of nitrogens with one attached hydrogen (secondary N) is 1. The molecule has 0 atom stereocenters. The van der Waals surface area contributed by atoms with Gasteiger partial charge < -0.3 is 19.2 Å². The van der Waals surface area contributed by atoms with Gasteiger partial charge in [0.2, 0.25) is 0 Å². The highest BCUT2D eigenvalue weighted by Crippen LogP contribution is 2.37. The van der Waals surface area contributed by atoms with Gasteiger partial charge in [0.1, 0.15) is 11.5 Å². The van der Waals surface area contributed by atoms with Gasteiger partial charge in [-0.05, 0) is 28.1 Å². The van der Waals surface area contributed by atoms with Crippen LogP contribution in [-0.4, -0.2) is 37.3 Å². The summed E-state index contributed by atoms with van der Waals surface area (Å²) in [6, 6.07) is 3.54. The van der Waals surface area contributed by atoms with E-state index in [0.717, 1.165) is 10.0 Å². The Morgan fingerprint density at radius 2 is 1.85 bits per heavy atom. The Kier molecular flexibility index (Phi) is 4.29. The van der Waals surface area contributed by atoms with Crippen molar-refractivity contribution in [3.05, 3.63) is 28.5 Å². The maximum atomic E-state index is 11.4. The molecule has 0 saturated heterocycles. The van der Waals surface area contributed by atoms with Crippen molar-refractivity contribution >= 4 is 21.9 Å². The van der Waals surface area contributed by atoms with E-state index in [4.69, 9.17) is 9.47 Å². The number of hydrogen-bond acceptors (Lipinski definition) is 5. The number of hydrogen-bond donors (Lipinski definition) is 1. The summed E-state index contributed by atoms with van der Waals surface area (Å²) in [6.07, 6.45) is 1.42. The molecular weight excluding hydrogens is 328 g/mol. The van der Waals surface area contributed by atoms with Crippen molar-refractivity contribution in [2.75, 3.05) is 21.3 Å². The third-order valence-corrected chi connectivity index (χ3v) is 3.37. The molecule has 1 heterocycles. The van der Waals surface area contributed by atoms with Crippen LogP contribution in [0.15, 0.2) is 22.8 Å². The number of rotatable bonds is 4. The monoisotopic (exact) mass is 340 g/mol. The molecule has 1 N–H and O–H groups in total. The van der Waals surface area contributed by atoms with Gasteiger partial charge in [-0.25, -0.2) is 9.78 Å². The van der Waals surface area contributed by atoms with E-state index in [-0.39, 0.29) is 5.69 Å². The largest absolute Gasteiger partial charge is 0.493 e. The zero-order valence-corrected chi connectivity index (χ0v) is 12.8. The average molecular weight is 341 g/mol. The number of imidazole rings is 1. The molecule has 0 radical (unpaired) electrons. The van der Waals surface area contributed by atoms with Crippen LogP contribution >= 0.6 is 15.9 Å². The highest BCUT2D eigenvalue weighted by molar-refractivity contribution is 9.10. The average Bonchev–Trinajstić information content (AvgIpc) is 2.95. The topological polar surface area (TPSA) is 73.4 Å². The molecule has 0 aliphatic heterocycles. The van der Waals surface area contributed by atoms with Crippen molar-refractivity contribution in [3.8, 4) is 22.9 Å². The number of esters is 1. The number of ether oxygens (including phenoxy) is 3. The van der Waals surface area contributed by atoms with Gasteiger partial charge in [0.05, 0.1) is 27.5 Å². The van der Waals surface area contributed by atoms with Gasteiger partial charge in [0.25, 0.3) is 0 Å². The van der Waals surface area contributed by atoms with Crippen molar-refractivity contribution in [2.24, 2.45) is 0 Å². The number of halogens is 1. The molecule has 0 spiro atoms. The van der Waals surface area contributed by atoms with Gasteiger partial charge >= 0.3 is 5.97 Å². The van der Waals surface area contributed by atoms with E-state index in [2.05, 4.69) is 30.6 Å². The number of benzene rings is 1. The molecule has 0 saturated carbocycles. The predicted octanol–water partition coefficient (Wildman–Crippen LogP) is 2.64. The van der Waals surface area contributed by atoms with Crippen molar-refractivity contribution in [1.82, 2.24) is 9.97 Å². The highest BCUT2D eigenvalue weighted by Gasteiger charge is 2.15. The van der Waals surface area contributed by atoms with Crippen LogP contribution in [-0.2, 0) is 4.74 Å². The second-order valence-corrected chi connectivity index (χ2v) is 4.68. The third-order valence-electron chi connectivity index (χ3n) is 2.71. The van der Waals surface area contributed by atoms with Gasteiger partial charge in [-0.2, -0.15) is 0 Å². The highest BCUT2D eigenvalue weighted by atomic mass is 79.9. The number of methoxy groups -OCH3 is 3. The molecule has 0 aliphatic rings. The lowest BCUT2D eigenvalue weighted by atomic mass is 10.2. The number of carbonyl (C=O) groups excluding carboxylic acids is 1. The molecule has 0 amide bonds. The van der Waals surface area contributed by atoms with Crippen LogP contribution in [0.3, 0.4) is 0 Å². The zero-order chi connectivity index (χ0) is 14.7. The summed E-state index contributed by atoms with van der Waals surface area (Å²) in [5, 5.41) is 0. The van der Waals surface area contributed by atoms with Gasteiger partial charge in [0, 0.05) is 10.0 Å². The van der Waals surface area contributed by atoms with Crippen LogP contribution in [0, 0.1) is 0 Å². The molecule has 0 aliphatic carbocycles. The van der Waals surface area contributed by atoms with E-state index in [9.17, 15) is 4.79 Å². The van der Waals surface area contributed by atoms with Crippen LogP contribution in [0.25, 0.3) is 11.4 Å². The number of carbonyl (C=O) groups is 1. The second-order valence-electron chi connectivity index (χ2n) is 3.82. The molecule has 0 unspecified atom stereocenters. The molecule has 2 rings (SSSR count). The lowest BCUT2D eigenvalue weighted by molar-refractivity contribution is 0.0595.